The van der Waals surface area contributed by atoms with Crippen LogP contribution in [0.2, 0.25) is 0 Å². The van der Waals surface area contributed by atoms with E-state index in [2.05, 4.69) is 77.7 Å². The molecule has 0 spiro atoms. The van der Waals surface area contributed by atoms with Crippen molar-refractivity contribution in [2.24, 2.45) is 5.92 Å². The molecule has 3 aromatic heterocycles. The first kappa shape index (κ1) is 29.0. The number of aryl methyl sites for hydroxylation is 1. The van der Waals surface area contributed by atoms with E-state index in [4.69, 9.17) is 24.9 Å². The molecule has 11 heteroatoms. The smallest absolute Gasteiger partial charge is 0.243 e. The van der Waals surface area contributed by atoms with Crippen LogP contribution >= 0.6 is 0 Å². The average Bonchev–Trinajstić information content (AvgIpc) is 3.68. The van der Waals surface area contributed by atoms with Crippen molar-refractivity contribution in [1.82, 2.24) is 34.4 Å². The van der Waals surface area contributed by atoms with Crippen molar-refractivity contribution in [3.63, 3.8) is 0 Å². The molecule has 2 fully saturated rings. The van der Waals surface area contributed by atoms with E-state index in [9.17, 15) is 0 Å². The van der Waals surface area contributed by atoms with Crippen molar-refractivity contribution in [3.8, 4) is 0 Å². The Labute approximate surface area is 258 Å². The fourth-order valence-corrected chi connectivity index (χ4v) is 6.87. The minimum absolute atomic E-state index is 0.121. The third-order valence-corrected chi connectivity index (χ3v) is 9.34. The number of nitrogens with two attached hydrogens (primary N) is 1. The maximum atomic E-state index is 6.60. The lowest BCUT2D eigenvalue weighted by molar-refractivity contribution is -0.155. The molecular formula is C33H44N8O3. The Morgan fingerprint density at radius 3 is 2.70 bits per heavy atom. The van der Waals surface area contributed by atoms with Gasteiger partial charge < -0.3 is 24.9 Å². The predicted molar refractivity (Wildman–Crippen MR) is 169 cm³/mol. The van der Waals surface area contributed by atoms with Gasteiger partial charge >= 0.3 is 0 Å². The second-order valence-electron chi connectivity index (χ2n) is 14.4. The standard InChI is InChI=1S/C33H44N8O3/c1-18(2)40(21-12-19(13-21)8-11-25-38-22-10-9-20(32(3,4)5)14-23(22)39-25)15-24-27-28(44-33(6,7)43-27)31(42-24)41-17-37-26-29(34)35-16-36-30(26)41/h9-10,14,16-19,21,24,27H,8,11-13,15H2,1-7H3,(H,38,39)(H2,34,35,36). The molecule has 1 saturated heterocycles. The number of rotatable bonds is 8. The van der Waals surface area contributed by atoms with Crippen LogP contribution in [0.5, 0.6) is 0 Å². The summed E-state index contributed by atoms with van der Waals surface area (Å²) in [6.45, 7) is 15.9. The van der Waals surface area contributed by atoms with Gasteiger partial charge in [-0.25, -0.2) is 24.5 Å². The number of anilines is 1. The van der Waals surface area contributed by atoms with Crippen molar-refractivity contribution in [2.45, 2.75) is 110 Å². The number of fused-ring (bicyclic) bond motifs is 3. The van der Waals surface area contributed by atoms with Crippen LogP contribution in [-0.2, 0) is 26.0 Å². The highest BCUT2D eigenvalue weighted by Crippen LogP contribution is 2.44. The number of hydrogen-bond donors (Lipinski definition) is 2. The molecule has 7 rings (SSSR count). The molecule has 1 aromatic carbocycles. The SMILES string of the molecule is CC(C)N(CC1OC(n2cnc3c(N)ncnc32)=C2OC(C)(C)OC21)C1CC(CCc2nc3ccc(C(C)(C)C)cc3[nH]2)C1. The van der Waals surface area contributed by atoms with Crippen LogP contribution in [0, 0.1) is 5.92 Å². The maximum Gasteiger partial charge on any atom is 0.243 e. The Morgan fingerprint density at radius 2 is 1.95 bits per heavy atom. The molecule has 1 aliphatic carbocycles. The van der Waals surface area contributed by atoms with Gasteiger partial charge in [-0.05, 0) is 62.1 Å². The quantitative estimate of drug-likeness (QED) is 0.274. The van der Waals surface area contributed by atoms with Gasteiger partial charge in [0.15, 0.2) is 28.8 Å². The van der Waals surface area contributed by atoms with Crippen LogP contribution in [0.4, 0.5) is 5.82 Å². The zero-order chi connectivity index (χ0) is 31.0. The van der Waals surface area contributed by atoms with Gasteiger partial charge in [-0.1, -0.05) is 26.8 Å². The van der Waals surface area contributed by atoms with Crippen molar-refractivity contribution in [3.05, 3.63) is 48.0 Å². The summed E-state index contributed by atoms with van der Waals surface area (Å²) in [5.74, 6) is 2.57. The molecule has 3 aliphatic rings. The first-order chi connectivity index (χ1) is 20.9. The summed E-state index contributed by atoms with van der Waals surface area (Å²) in [5.41, 5.74) is 10.8. The third kappa shape index (κ3) is 5.19. The highest BCUT2D eigenvalue weighted by molar-refractivity contribution is 5.83. The van der Waals surface area contributed by atoms with Gasteiger partial charge in [-0.15, -0.1) is 0 Å². The van der Waals surface area contributed by atoms with Gasteiger partial charge in [0.05, 0.1) is 11.0 Å². The molecule has 3 N–H and O–H groups in total. The number of benzene rings is 1. The number of hydrogen-bond acceptors (Lipinski definition) is 9. The number of nitrogens with one attached hydrogen (secondary N) is 1. The van der Waals surface area contributed by atoms with E-state index < -0.39 is 5.79 Å². The average molecular weight is 601 g/mol. The molecule has 2 aliphatic heterocycles. The molecule has 4 aromatic rings. The number of H-pyrrole nitrogens is 1. The van der Waals surface area contributed by atoms with Crippen molar-refractivity contribution < 1.29 is 14.2 Å². The van der Waals surface area contributed by atoms with Gasteiger partial charge in [0.1, 0.15) is 24.6 Å². The zero-order valence-corrected chi connectivity index (χ0v) is 26.8. The topological polar surface area (TPSA) is 129 Å². The van der Waals surface area contributed by atoms with E-state index in [0.29, 0.717) is 46.6 Å². The van der Waals surface area contributed by atoms with Crippen LogP contribution in [0.15, 0.2) is 36.6 Å². The van der Waals surface area contributed by atoms with E-state index >= 15 is 0 Å². The number of imidazole rings is 2. The predicted octanol–water partition coefficient (Wildman–Crippen LogP) is 5.38. The molecule has 1 saturated carbocycles. The van der Waals surface area contributed by atoms with Crippen LogP contribution in [0.3, 0.4) is 0 Å². The Balaban J connectivity index is 1.01. The highest BCUT2D eigenvalue weighted by Gasteiger charge is 2.52. The summed E-state index contributed by atoms with van der Waals surface area (Å²) in [6.07, 6.45) is 6.99. The summed E-state index contributed by atoms with van der Waals surface area (Å²) in [7, 11) is 0. The van der Waals surface area contributed by atoms with Gasteiger partial charge in [0.2, 0.25) is 11.7 Å². The molecule has 0 amide bonds. The lowest BCUT2D eigenvalue weighted by atomic mass is 9.76. The molecular weight excluding hydrogens is 556 g/mol. The van der Waals surface area contributed by atoms with Crippen molar-refractivity contribution >= 4 is 33.9 Å². The number of nitrogen functional groups attached to an aromatic ring is 1. The molecule has 5 heterocycles. The zero-order valence-electron chi connectivity index (χ0n) is 26.8. The monoisotopic (exact) mass is 600 g/mol. The normalized spacial score (nSPS) is 24.8. The Morgan fingerprint density at radius 1 is 1.16 bits per heavy atom. The Bertz CT molecular complexity index is 1730. The Hall–Kier alpha value is -3.70. The van der Waals surface area contributed by atoms with Gasteiger partial charge in [-0.2, -0.15) is 0 Å². The minimum Gasteiger partial charge on any atom is -0.468 e. The number of aromatic nitrogens is 6. The summed E-state index contributed by atoms with van der Waals surface area (Å²) in [6, 6.07) is 7.46. The van der Waals surface area contributed by atoms with Crippen LogP contribution in [-0.4, -0.2) is 71.0 Å². The lowest BCUT2D eigenvalue weighted by Gasteiger charge is -2.46. The van der Waals surface area contributed by atoms with Crippen molar-refractivity contribution in [2.75, 3.05) is 12.3 Å². The number of nitrogens with zero attached hydrogens (tertiary/aromatic N) is 6. The molecule has 0 bridgehead atoms. The van der Waals surface area contributed by atoms with Crippen molar-refractivity contribution in [1.29, 1.82) is 0 Å². The van der Waals surface area contributed by atoms with E-state index in [-0.39, 0.29) is 17.6 Å². The van der Waals surface area contributed by atoms with Gasteiger partial charge in [0.25, 0.3) is 0 Å². The highest BCUT2D eigenvalue weighted by atomic mass is 16.8. The van der Waals surface area contributed by atoms with E-state index in [0.717, 1.165) is 36.2 Å². The Kier molecular flexibility index (Phi) is 6.89. The molecule has 0 radical (unpaired) electrons. The second kappa shape index (κ2) is 10.4. The maximum absolute atomic E-state index is 6.60. The molecule has 234 valence electrons. The lowest BCUT2D eigenvalue weighted by Crippen LogP contribution is -2.52. The molecule has 44 heavy (non-hydrogen) atoms. The number of ether oxygens (including phenoxy) is 3. The van der Waals surface area contributed by atoms with Gasteiger partial charge in [-0.3, -0.25) is 4.90 Å². The molecule has 2 atom stereocenters. The molecule has 2 unspecified atom stereocenters. The van der Waals surface area contributed by atoms with E-state index in [1.54, 1.807) is 10.9 Å². The molecule has 11 nitrogen and oxygen atoms in total. The van der Waals surface area contributed by atoms with E-state index in [1.807, 2.05) is 13.8 Å². The largest absolute Gasteiger partial charge is 0.468 e. The van der Waals surface area contributed by atoms with E-state index in [1.165, 1.54) is 24.7 Å². The fraction of sp³-hybridized carbons (Fsp3) is 0.576. The van der Waals surface area contributed by atoms with Crippen LogP contribution in [0.1, 0.15) is 79.1 Å². The summed E-state index contributed by atoms with van der Waals surface area (Å²) in [4.78, 5) is 23.9. The summed E-state index contributed by atoms with van der Waals surface area (Å²) in [5, 5.41) is 0. The summed E-state index contributed by atoms with van der Waals surface area (Å²) >= 11 is 0. The van der Waals surface area contributed by atoms with Gasteiger partial charge in [0, 0.05) is 38.9 Å². The van der Waals surface area contributed by atoms with Crippen LogP contribution < -0.4 is 5.73 Å². The summed E-state index contributed by atoms with van der Waals surface area (Å²) < 4.78 is 21.1. The van der Waals surface area contributed by atoms with Crippen LogP contribution in [0.25, 0.3) is 28.1 Å². The first-order valence-corrected chi connectivity index (χ1v) is 15.8. The number of aromatic amines is 1. The second-order valence-corrected chi connectivity index (χ2v) is 14.4. The minimum atomic E-state index is -0.757. The first-order valence-electron chi connectivity index (χ1n) is 15.8. The fourth-order valence-electron chi connectivity index (χ4n) is 6.87. The third-order valence-electron chi connectivity index (χ3n) is 9.34.